The van der Waals surface area contributed by atoms with Crippen LogP contribution in [0.3, 0.4) is 0 Å². The molecule has 6 heteroatoms. The molecule has 0 aliphatic heterocycles. The SMILES string of the molecule is COc1cccc(OC)c1C=C(P=O)C(=Cc1c(OC)cccc1OC)c1ccccc1. The Morgan fingerprint density at radius 3 is 1.47 bits per heavy atom. The molecule has 3 aromatic carbocycles. The molecule has 0 unspecified atom stereocenters. The lowest BCUT2D eigenvalue weighted by molar-refractivity contribution is 0.392. The zero-order valence-electron chi connectivity index (χ0n) is 18.5. The van der Waals surface area contributed by atoms with Gasteiger partial charge in [0.2, 0.25) is 0 Å². The Balaban J connectivity index is 2.30. The third-order valence-corrected chi connectivity index (χ3v) is 5.53. The summed E-state index contributed by atoms with van der Waals surface area (Å²) in [7, 11) is 6.24. The van der Waals surface area contributed by atoms with E-state index < -0.39 is 0 Å². The first-order chi connectivity index (χ1) is 15.7. The van der Waals surface area contributed by atoms with Crippen LogP contribution in [0.4, 0.5) is 0 Å². The molecule has 164 valence electrons. The van der Waals surface area contributed by atoms with E-state index in [1.807, 2.05) is 78.9 Å². The average molecular weight is 448 g/mol. The van der Waals surface area contributed by atoms with Gasteiger partial charge < -0.3 is 18.9 Å². The van der Waals surface area contributed by atoms with Crippen molar-refractivity contribution in [2.24, 2.45) is 0 Å². The Labute approximate surface area is 190 Å². The van der Waals surface area contributed by atoms with Crippen molar-refractivity contribution in [2.45, 2.75) is 0 Å². The summed E-state index contributed by atoms with van der Waals surface area (Å²) in [4.78, 5) is 0. The van der Waals surface area contributed by atoms with Gasteiger partial charge in [0.15, 0.2) is 8.46 Å². The molecule has 3 rings (SSSR count). The molecule has 0 spiro atoms. The molecule has 0 N–H and O–H groups in total. The maximum absolute atomic E-state index is 12.5. The van der Waals surface area contributed by atoms with E-state index in [2.05, 4.69) is 0 Å². The monoisotopic (exact) mass is 448 g/mol. The Kier molecular flexibility index (Phi) is 8.07. The summed E-state index contributed by atoms with van der Waals surface area (Å²) in [5.41, 5.74) is 3.09. The molecule has 0 bridgehead atoms. The van der Waals surface area contributed by atoms with Crippen molar-refractivity contribution in [1.82, 2.24) is 0 Å². The Hall–Kier alpha value is -3.56. The van der Waals surface area contributed by atoms with Crippen LogP contribution in [-0.2, 0) is 4.57 Å². The highest BCUT2D eigenvalue weighted by molar-refractivity contribution is 7.31. The van der Waals surface area contributed by atoms with Crippen molar-refractivity contribution >= 4 is 26.2 Å². The summed E-state index contributed by atoms with van der Waals surface area (Å²) < 4.78 is 34.6. The van der Waals surface area contributed by atoms with Crippen LogP contribution in [0.15, 0.2) is 72.0 Å². The van der Waals surface area contributed by atoms with Crippen LogP contribution in [0.5, 0.6) is 23.0 Å². The van der Waals surface area contributed by atoms with Crippen molar-refractivity contribution in [3.05, 3.63) is 88.7 Å². The van der Waals surface area contributed by atoms with Crippen LogP contribution in [0.25, 0.3) is 17.7 Å². The van der Waals surface area contributed by atoms with Gasteiger partial charge in [-0.1, -0.05) is 42.5 Å². The van der Waals surface area contributed by atoms with Crippen LogP contribution in [0, 0.1) is 0 Å². The lowest BCUT2D eigenvalue weighted by Gasteiger charge is -2.14. The van der Waals surface area contributed by atoms with Gasteiger partial charge in [-0.05, 0) is 47.6 Å². The number of hydrogen-bond acceptors (Lipinski definition) is 5. The van der Waals surface area contributed by atoms with Gasteiger partial charge >= 0.3 is 0 Å². The highest BCUT2D eigenvalue weighted by atomic mass is 31.1. The topological polar surface area (TPSA) is 54.0 Å². The first kappa shape index (κ1) is 23.1. The predicted octanol–water partition coefficient (Wildman–Crippen LogP) is 6.59. The van der Waals surface area contributed by atoms with Gasteiger partial charge in [-0.15, -0.1) is 0 Å². The van der Waals surface area contributed by atoms with Crippen molar-refractivity contribution in [2.75, 3.05) is 28.4 Å². The quantitative estimate of drug-likeness (QED) is 0.210. The van der Waals surface area contributed by atoms with Gasteiger partial charge in [-0.25, -0.2) is 0 Å². The molecule has 0 aliphatic rings. The Morgan fingerprint density at radius 1 is 0.625 bits per heavy atom. The predicted molar refractivity (Wildman–Crippen MR) is 129 cm³/mol. The fourth-order valence-electron chi connectivity index (χ4n) is 3.40. The second kappa shape index (κ2) is 11.2. The molecule has 5 nitrogen and oxygen atoms in total. The lowest BCUT2D eigenvalue weighted by Crippen LogP contribution is -1.95. The smallest absolute Gasteiger partial charge is 0.192 e. The van der Waals surface area contributed by atoms with Gasteiger partial charge in [0.1, 0.15) is 23.0 Å². The molecule has 32 heavy (non-hydrogen) atoms. The molecule has 0 amide bonds. The van der Waals surface area contributed by atoms with Crippen LogP contribution >= 0.6 is 8.46 Å². The lowest BCUT2D eigenvalue weighted by atomic mass is 9.99. The van der Waals surface area contributed by atoms with Crippen molar-refractivity contribution in [3.63, 3.8) is 0 Å². The molecule has 0 saturated carbocycles. The molecule has 0 radical (unpaired) electrons. The molecular formula is C26H25O5P. The van der Waals surface area contributed by atoms with Crippen molar-refractivity contribution < 1.29 is 23.5 Å². The number of methoxy groups -OCH3 is 4. The number of allylic oxidation sites excluding steroid dienone is 2. The molecule has 0 aliphatic carbocycles. The molecule has 0 heterocycles. The van der Waals surface area contributed by atoms with Gasteiger partial charge in [0.25, 0.3) is 0 Å². The van der Waals surface area contributed by atoms with Crippen LogP contribution < -0.4 is 18.9 Å². The van der Waals surface area contributed by atoms with E-state index in [1.54, 1.807) is 28.4 Å². The summed E-state index contributed by atoms with van der Waals surface area (Å²) in [6.45, 7) is 0. The first-order valence-corrected chi connectivity index (χ1v) is 10.7. The number of hydrogen-bond donors (Lipinski definition) is 0. The minimum atomic E-state index is -0.163. The van der Waals surface area contributed by atoms with E-state index in [9.17, 15) is 4.57 Å². The number of benzene rings is 3. The molecule has 3 aromatic rings. The largest absolute Gasteiger partial charge is 0.496 e. The zero-order chi connectivity index (χ0) is 22.9. The summed E-state index contributed by atoms with van der Waals surface area (Å²) in [6, 6.07) is 20.8. The van der Waals surface area contributed by atoms with E-state index in [0.29, 0.717) is 33.9 Å². The third-order valence-electron chi connectivity index (χ3n) is 4.96. The average Bonchev–Trinajstić information content (AvgIpc) is 2.86. The maximum atomic E-state index is 12.5. The van der Waals surface area contributed by atoms with E-state index in [4.69, 9.17) is 18.9 Å². The second-order valence-electron chi connectivity index (χ2n) is 6.70. The van der Waals surface area contributed by atoms with Gasteiger partial charge in [0, 0.05) is 0 Å². The fraction of sp³-hybridized carbons (Fsp3) is 0.154. The van der Waals surface area contributed by atoms with E-state index >= 15 is 0 Å². The van der Waals surface area contributed by atoms with Gasteiger partial charge in [0.05, 0.1) is 44.9 Å². The zero-order valence-corrected chi connectivity index (χ0v) is 19.4. The molecule has 0 saturated heterocycles. The number of rotatable bonds is 9. The molecule has 0 atom stereocenters. The molecule has 0 aromatic heterocycles. The third kappa shape index (κ3) is 5.01. The minimum absolute atomic E-state index is 0.163. The standard InChI is InChI=1S/C26H25O5P/c1-28-22-12-8-13-23(29-2)20(22)16-19(18-10-6-5-7-11-18)26(32-27)17-21-24(30-3)14-9-15-25(21)31-4/h5-17H,1-4H3. The molecular weight excluding hydrogens is 423 g/mol. The summed E-state index contributed by atoms with van der Waals surface area (Å²) >= 11 is 0. The van der Waals surface area contributed by atoms with Gasteiger partial charge in [-0.2, -0.15) is 0 Å². The fourth-order valence-corrected chi connectivity index (χ4v) is 3.88. The summed E-state index contributed by atoms with van der Waals surface area (Å²) in [5.74, 6) is 2.53. The van der Waals surface area contributed by atoms with E-state index in [0.717, 1.165) is 16.7 Å². The number of ether oxygens (including phenoxy) is 4. The first-order valence-electron chi connectivity index (χ1n) is 9.91. The molecule has 0 fully saturated rings. The highest BCUT2D eigenvalue weighted by Crippen LogP contribution is 2.41. The second-order valence-corrected chi connectivity index (χ2v) is 7.36. The Bertz CT molecular complexity index is 1090. The minimum Gasteiger partial charge on any atom is -0.496 e. The summed E-state index contributed by atoms with van der Waals surface area (Å²) in [5, 5.41) is 0.548. The van der Waals surface area contributed by atoms with Gasteiger partial charge in [-0.3, -0.25) is 4.57 Å². The van der Waals surface area contributed by atoms with E-state index in [-0.39, 0.29) is 8.46 Å². The Morgan fingerprint density at radius 2 is 1.06 bits per heavy atom. The summed E-state index contributed by atoms with van der Waals surface area (Å²) in [6.07, 6.45) is 3.73. The van der Waals surface area contributed by atoms with Crippen LogP contribution in [0.1, 0.15) is 16.7 Å². The van der Waals surface area contributed by atoms with Crippen LogP contribution in [0.2, 0.25) is 0 Å². The van der Waals surface area contributed by atoms with Crippen LogP contribution in [-0.4, -0.2) is 28.4 Å². The maximum Gasteiger partial charge on any atom is 0.192 e. The highest BCUT2D eigenvalue weighted by Gasteiger charge is 2.16. The van der Waals surface area contributed by atoms with Crippen molar-refractivity contribution in [1.29, 1.82) is 0 Å². The van der Waals surface area contributed by atoms with Crippen molar-refractivity contribution in [3.8, 4) is 23.0 Å². The van der Waals surface area contributed by atoms with E-state index in [1.165, 1.54) is 0 Å². The normalized spacial score (nSPS) is 11.9.